The van der Waals surface area contributed by atoms with Crippen molar-refractivity contribution in [2.24, 2.45) is 5.92 Å². The number of aromatic nitrogens is 2. The van der Waals surface area contributed by atoms with E-state index in [1.54, 1.807) is 48.7 Å². The van der Waals surface area contributed by atoms with Crippen LogP contribution in [-0.4, -0.2) is 30.7 Å². The molecule has 1 amide bonds. The lowest BCUT2D eigenvalue weighted by atomic mass is 10.2. The van der Waals surface area contributed by atoms with Gasteiger partial charge in [0.2, 0.25) is 5.91 Å². The van der Waals surface area contributed by atoms with Crippen LogP contribution in [0, 0.1) is 19.8 Å². The highest BCUT2D eigenvalue weighted by molar-refractivity contribution is 7.92. The zero-order chi connectivity index (χ0) is 23.6. The molecule has 0 saturated heterocycles. The fourth-order valence-electron chi connectivity index (χ4n) is 3.86. The highest BCUT2D eigenvalue weighted by Gasteiger charge is 2.31. The Kier molecular flexibility index (Phi) is 6.56. The van der Waals surface area contributed by atoms with E-state index >= 15 is 0 Å². The van der Waals surface area contributed by atoms with Crippen molar-refractivity contribution in [2.45, 2.75) is 51.0 Å². The molecule has 174 valence electrons. The summed E-state index contributed by atoms with van der Waals surface area (Å²) in [6.07, 6.45) is 4.05. The van der Waals surface area contributed by atoms with Crippen molar-refractivity contribution >= 4 is 27.4 Å². The molecule has 1 unspecified atom stereocenters. The molecule has 4 rings (SSSR count). The van der Waals surface area contributed by atoms with Crippen LogP contribution < -0.4 is 9.62 Å². The number of amides is 1. The smallest absolute Gasteiger partial charge is 0.264 e. The lowest BCUT2D eigenvalue weighted by Crippen LogP contribution is -2.34. The van der Waals surface area contributed by atoms with Crippen LogP contribution in [-0.2, 0) is 14.8 Å². The molecule has 33 heavy (non-hydrogen) atoms. The Morgan fingerprint density at radius 3 is 2.27 bits per heavy atom. The summed E-state index contributed by atoms with van der Waals surface area (Å²) >= 11 is 0. The van der Waals surface area contributed by atoms with E-state index in [9.17, 15) is 13.2 Å². The number of aryl methyl sites for hydroxylation is 2. The van der Waals surface area contributed by atoms with E-state index in [4.69, 9.17) is 0 Å². The minimum Gasteiger partial charge on any atom is -0.311 e. The Morgan fingerprint density at radius 2 is 1.67 bits per heavy atom. The Balaban J connectivity index is 1.52. The SMILES string of the molecule is Cc1ccc(N(CCC(=O)Nc2ccnn2C(C)C2CC2)S(=O)(=O)c2ccc(C)cc2)cc1. The van der Waals surface area contributed by atoms with Crippen LogP contribution in [0.15, 0.2) is 65.7 Å². The quantitative estimate of drug-likeness (QED) is 0.496. The van der Waals surface area contributed by atoms with Gasteiger partial charge in [0.15, 0.2) is 0 Å². The molecule has 0 radical (unpaired) electrons. The van der Waals surface area contributed by atoms with Crippen LogP contribution in [0.1, 0.15) is 43.4 Å². The molecule has 2 aromatic carbocycles. The van der Waals surface area contributed by atoms with E-state index in [1.807, 2.05) is 30.7 Å². The van der Waals surface area contributed by atoms with Crippen LogP contribution in [0.25, 0.3) is 0 Å². The lowest BCUT2D eigenvalue weighted by molar-refractivity contribution is -0.116. The number of hydrogen-bond donors (Lipinski definition) is 1. The van der Waals surface area contributed by atoms with Gasteiger partial charge in [-0.05, 0) is 63.8 Å². The van der Waals surface area contributed by atoms with Crippen molar-refractivity contribution in [3.8, 4) is 0 Å². The van der Waals surface area contributed by atoms with Gasteiger partial charge in [0, 0.05) is 19.0 Å². The summed E-state index contributed by atoms with van der Waals surface area (Å²) < 4.78 is 30.1. The van der Waals surface area contributed by atoms with Crippen LogP contribution >= 0.6 is 0 Å². The number of anilines is 2. The van der Waals surface area contributed by atoms with Gasteiger partial charge < -0.3 is 5.32 Å². The Morgan fingerprint density at radius 1 is 1.06 bits per heavy atom. The van der Waals surface area contributed by atoms with Crippen molar-refractivity contribution in [3.05, 3.63) is 71.9 Å². The Labute approximate surface area is 195 Å². The highest BCUT2D eigenvalue weighted by atomic mass is 32.2. The predicted molar refractivity (Wildman–Crippen MR) is 130 cm³/mol. The fourth-order valence-corrected chi connectivity index (χ4v) is 5.33. The number of carbonyl (C=O) groups excluding carboxylic acids is 1. The molecule has 1 aliphatic rings. The molecule has 1 N–H and O–H groups in total. The van der Waals surface area contributed by atoms with Gasteiger partial charge in [-0.1, -0.05) is 35.4 Å². The highest BCUT2D eigenvalue weighted by Crippen LogP contribution is 2.40. The summed E-state index contributed by atoms with van der Waals surface area (Å²) in [4.78, 5) is 13.0. The first kappa shape index (κ1) is 23.0. The fraction of sp³-hybridized carbons (Fsp3) is 0.360. The minimum absolute atomic E-state index is 0.0158. The number of rotatable bonds is 9. The molecule has 1 aliphatic carbocycles. The largest absolute Gasteiger partial charge is 0.311 e. The lowest BCUT2D eigenvalue weighted by Gasteiger charge is -2.25. The maximum Gasteiger partial charge on any atom is 0.264 e. The van der Waals surface area contributed by atoms with E-state index in [-0.39, 0.29) is 29.8 Å². The van der Waals surface area contributed by atoms with E-state index < -0.39 is 10.0 Å². The third kappa shape index (κ3) is 5.27. The van der Waals surface area contributed by atoms with Crippen molar-refractivity contribution in [1.82, 2.24) is 9.78 Å². The summed E-state index contributed by atoms with van der Waals surface area (Å²) in [6, 6.07) is 16.0. The molecule has 0 spiro atoms. The van der Waals surface area contributed by atoms with Crippen LogP contribution in [0.3, 0.4) is 0 Å². The normalized spacial score (nSPS) is 14.6. The molecule has 8 heteroatoms. The minimum atomic E-state index is -3.83. The zero-order valence-electron chi connectivity index (χ0n) is 19.2. The maximum atomic E-state index is 13.5. The number of hydrogen-bond acceptors (Lipinski definition) is 4. The molecule has 0 aliphatic heterocycles. The molecule has 1 fully saturated rings. The topological polar surface area (TPSA) is 84.3 Å². The third-order valence-corrected chi connectivity index (χ3v) is 7.94. The summed E-state index contributed by atoms with van der Waals surface area (Å²) in [5, 5.41) is 7.27. The molecule has 1 saturated carbocycles. The summed E-state index contributed by atoms with van der Waals surface area (Å²) in [6.45, 7) is 5.99. The van der Waals surface area contributed by atoms with Gasteiger partial charge in [-0.2, -0.15) is 5.10 Å². The van der Waals surface area contributed by atoms with Crippen LogP contribution in [0.4, 0.5) is 11.5 Å². The molecular formula is C25H30N4O3S. The molecule has 0 bridgehead atoms. The predicted octanol–water partition coefficient (Wildman–Crippen LogP) is 4.70. The molecule has 1 aromatic heterocycles. The van der Waals surface area contributed by atoms with Gasteiger partial charge in [-0.25, -0.2) is 13.1 Å². The second-order valence-electron chi connectivity index (χ2n) is 8.76. The molecule has 7 nitrogen and oxygen atoms in total. The molecule has 1 heterocycles. The molecule has 1 atom stereocenters. The first-order valence-corrected chi connectivity index (χ1v) is 12.7. The van der Waals surface area contributed by atoms with Gasteiger partial charge in [0.25, 0.3) is 10.0 Å². The standard InChI is InChI=1S/C25H30N4O3S/c1-18-4-10-22(11-5-18)28(33(31,32)23-12-6-19(2)7-13-23)17-15-25(30)27-24-14-16-26-29(24)20(3)21-8-9-21/h4-7,10-14,16,20-21H,8-9,15,17H2,1-3H3,(H,27,30). The maximum absolute atomic E-state index is 13.5. The van der Waals surface area contributed by atoms with Crippen molar-refractivity contribution in [3.63, 3.8) is 0 Å². The van der Waals surface area contributed by atoms with E-state index in [1.165, 1.54) is 17.1 Å². The van der Waals surface area contributed by atoms with E-state index in [0.29, 0.717) is 17.4 Å². The van der Waals surface area contributed by atoms with Crippen molar-refractivity contribution in [2.75, 3.05) is 16.2 Å². The zero-order valence-corrected chi connectivity index (χ0v) is 20.0. The average molecular weight is 467 g/mol. The van der Waals surface area contributed by atoms with Gasteiger partial charge in [-0.3, -0.25) is 9.10 Å². The van der Waals surface area contributed by atoms with Gasteiger partial charge >= 0.3 is 0 Å². The second kappa shape index (κ2) is 9.39. The number of nitrogens with one attached hydrogen (secondary N) is 1. The van der Waals surface area contributed by atoms with Crippen LogP contribution in [0.5, 0.6) is 0 Å². The van der Waals surface area contributed by atoms with Crippen molar-refractivity contribution < 1.29 is 13.2 Å². The van der Waals surface area contributed by atoms with Gasteiger partial charge in [0.1, 0.15) is 5.82 Å². The summed E-state index contributed by atoms with van der Waals surface area (Å²) in [5.41, 5.74) is 2.54. The van der Waals surface area contributed by atoms with Gasteiger partial charge in [0.05, 0.1) is 22.8 Å². The third-order valence-electron chi connectivity index (χ3n) is 6.10. The van der Waals surface area contributed by atoms with Crippen LogP contribution in [0.2, 0.25) is 0 Å². The first-order chi connectivity index (χ1) is 15.8. The second-order valence-corrected chi connectivity index (χ2v) is 10.6. The number of nitrogens with zero attached hydrogens (tertiary/aromatic N) is 3. The summed E-state index contributed by atoms with van der Waals surface area (Å²) in [7, 11) is -3.83. The molecular weight excluding hydrogens is 436 g/mol. The number of sulfonamides is 1. The van der Waals surface area contributed by atoms with E-state index in [2.05, 4.69) is 17.3 Å². The van der Waals surface area contributed by atoms with Crippen molar-refractivity contribution in [1.29, 1.82) is 0 Å². The first-order valence-electron chi connectivity index (χ1n) is 11.2. The van der Waals surface area contributed by atoms with E-state index in [0.717, 1.165) is 11.1 Å². The monoisotopic (exact) mass is 466 g/mol. The number of carbonyl (C=O) groups is 1. The molecule has 3 aromatic rings. The Bertz CT molecular complexity index is 1210. The Hall–Kier alpha value is -3.13. The number of benzene rings is 2. The average Bonchev–Trinajstić information content (AvgIpc) is 3.54. The van der Waals surface area contributed by atoms with Gasteiger partial charge in [-0.15, -0.1) is 0 Å². The summed E-state index contributed by atoms with van der Waals surface area (Å²) in [5.74, 6) is 0.982.